The largest absolute Gasteiger partial charge is 0.351 e. The van der Waals surface area contributed by atoms with E-state index in [1.54, 1.807) is 31.2 Å². The lowest BCUT2D eigenvalue weighted by Crippen LogP contribution is -2.45. The third kappa shape index (κ3) is 5.80. The Morgan fingerprint density at radius 1 is 1.12 bits per heavy atom. The van der Waals surface area contributed by atoms with Crippen molar-refractivity contribution in [3.05, 3.63) is 29.8 Å². The number of nitrogens with zero attached hydrogens (tertiary/aromatic N) is 1. The Morgan fingerprint density at radius 2 is 1.72 bits per heavy atom. The molecule has 1 aliphatic rings. The highest BCUT2D eigenvalue weighted by Crippen LogP contribution is 2.13. The van der Waals surface area contributed by atoms with Gasteiger partial charge in [-0.2, -0.15) is 0 Å². The quantitative estimate of drug-likeness (QED) is 0.771. The number of rotatable bonds is 7. The van der Waals surface area contributed by atoms with E-state index in [2.05, 4.69) is 14.9 Å². The van der Waals surface area contributed by atoms with E-state index >= 15 is 0 Å². The van der Waals surface area contributed by atoms with E-state index in [0.717, 1.165) is 31.5 Å². The summed E-state index contributed by atoms with van der Waals surface area (Å²) in [5.74, 6) is 0.0197. The molecule has 0 spiro atoms. The predicted octanol–water partition coefficient (Wildman–Crippen LogP) is 1.87. The first kappa shape index (κ1) is 19.9. The average Bonchev–Trinajstić information content (AvgIpc) is 2.88. The van der Waals surface area contributed by atoms with Gasteiger partial charge in [0.1, 0.15) is 0 Å². The second-order valence-electron chi connectivity index (χ2n) is 6.49. The summed E-state index contributed by atoms with van der Waals surface area (Å²) in [6.07, 6.45) is 4.79. The van der Waals surface area contributed by atoms with Gasteiger partial charge in [-0.3, -0.25) is 9.69 Å². The molecule has 1 atom stereocenters. The molecule has 1 aliphatic heterocycles. The molecule has 1 saturated heterocycles. The second kappa shape index (κ2) is 9.31. The minimum Gasteiger partial charge on any atom is -0.351 e. The van der Waals surface area contributed by atoms with Crippen LogP contribution < -0.4 is 10.0 Å². The third-order valence-electron chi connectivity index (χ3n) is 4.60. The average molecular weight is 368 g/mol. The van der Waals surface area contributed by atoms with Gasteiger partial charge in [0.25, 0.3) is 0 Å². The molecule has 1 heterocycles. The highest BCUT2D eigenvalue weighted by Gasteiger charge is 2.21. The van der Waals surface area contributed by atoms with Crippen LogP contribution >= 0.6 is 0 Å². The molecule has 1 unspecified atom stereocenters. The van der Waals surface area contributed by atoms with Crippen molar-refractivity contribution in [2.24, 2.45) is 0 Å². The SMILES string of the molecule is CCNS(=O)(=O)c1ccc(CNC(=O)C(C)N2CCCCCC2)cc1. The Balaban J connectivity index is 1.89. The molecule has 2 N–H and O–H groups in total. The molecular formula is C18H29N3O3S. The number of nitrogens with one attached hydrogen (secondary N) is 2. The molecule has 0 bridgehead atoms. The van der Waals surface area contributed by atoms with Crippen LogP contribution in [0.4, 0.5) is 0 Å². The number of likely N-dealkylation sites (tertiary alicyclic amines) is 1. The van der Waals surface area contributed by atoms with Crippen molar-refractivity contribution in [1.82, 2.24) is 14.9 Å². The van der Waals surface area contributed by atoms with Gasteiger partial charge in [0.15, 0.2) is 0 Å². The Labute approximate surface area is 151 Å². The molecular weight excluding hydrogens is 338 g/mol. The first-order chi connectivity index (χ1) is 11.9. The number of carbonyl (C=O) groups is 1. The molecule has 6 nitrogen and oxygen atoms in total. The van der Waals surface area contributed by atoms with E-state index < -0.39 is 10.0 Å². The predicted molar refractivity (Wildman–Crippen MR) is 98.7 cm³/mol. The topological polar surface area (TPSA) is 78.5 Å². The molecule has 140 valence electrons. The standard InChI is InChI=1S/C18H29N3O3S/c1-3-20-25(23,24)17-10-8-16(9-11-17)14-19-18(22)15(2)21-12-6-4-5-7-13-21/h8-11,15,20H,3-7,12-14H2,1-2H3,(H,19,22). The molecule has 1 amide bonds. The maximum absolute atomic E-state index is 12.4. The van der Waals surface area contributed by atoms with Gasteiger partial charge >= 0.3 is 0 Å². The molecule has 2 rings (SSSR count). The van der Waals surface area contributed by atoms with Gasteiger partial charge in [-0.05, 0) is 50.6 Å². The lowest BCUT2D eigenvalue weighted by Gasteiger charge is -2.26. The molecule has 1 fully saturated rings. The van der Waals surface area contributed by atoms with Crippen molar-refractivity contribution in [2.75, 3.05) is 19.6 Å². The monoisotopic (exact) mass is 367 g/mol. The fourth-order valence-electron chi connectivity index (χ4n) is 3.04. The number of hydrogen-bond acceptors (Lipinski definition) is 4. The molecule has 25 heavy (non-hydrogen) atoms. The summed E-state index contributed by atoms with van der Waals surface area (Å²) < 4.78 is 26.3. The number of amides is 1. The van der Waals surface area contributed by atoms with Crippen molar-refractivity contribution in [3.8, 4) is 0 Å². The van der Waals surface area contributed by atoms with Crippen LogP contribution in [0.3, 0.4) is 0 Å². The first-order valence-corrected chi connectivity index (χ1v) is 10.5. The maximum atomic E-state index is 12.4. The van der Waals surface area contributed by atoms with Crippen LogP contribution in [0.15, 0.2) is 29.2 Å². The normalized spacial score (nSPS) is 17.7. The Kier molecular flexibility index (Phi) is 7.40. The number of benzene rings is 1. The van der Waals surface area contributed by atoms with Crippen LogP contribution in [-0.2, 0) is 21.4 Å². The van der Waals surface area contributed by atoms with Gasteiger partial charge in [-0.1, -0.05) is 31.9 Å². The number of hydrogen-bond donors (Lipinski definition) is 2. The van der Waals surface area contributed by atoms with Gasteiger partial charge < -0.3 is 5.32 Å². The highest BCUT2D eigenvalue weighted by atomic mass is 32.2. The van der Waals surface area contributed by atoms with E-state index in [0.29, 0.717) is 13.1 Å². The Bertz CT molecular complexity index is 651. The van der Waals surface area contributed by atoms with Crippen molar-refractivity contribution in [1.29, 1.82) is 0 Å². The number of carbonyl (C=O) groups excluding carboxylic acids is 1. The molecule has 0 aliphatic carbocycles. The van der Waals surface area contributed by atoms with E-state index in [1.807, 2.05) is 6.92 Å². The highest BCUT2D eigenvalue weighted by molar-refractivity contribution is 7.89. The van der Waals surface area contributed by atoms with E-state index in [-0.39, 0.29) is 16.8 Å². The van der Waals surface area contributed by atoms with Crippen LogP contribution in [-0.4, -0.2) is 44.9 Å². The van der Waals surface area contributed by atoms with E-state index in [1.165, 1.54) is 12.8 Å². The second-order valence-corrected chi connectivity index (χ2v) is 8.26. The van der Waals surface area contributed by atoms with Gasteiger partial charge in [-0.25, -0.2) is 13.1 Å². The van der Waals surface area contributed by atoms with Gasteiger partial charge in [-0.15, -0.1) is 0 Å². The lowest BCUT2D eigenvalue weighted by molar-refractivity contribution is -0.126. The maximum Gasteiger partial charge on any atom is 0.240 e. The third-order valence-corrected chi connectivity index (χ3v) is 6.16. The fourth-order valence-corrected chi connectivity index (χ4v) is 4.09. The van der Waals surface area contributed by atoms with Gasteiger partial charge in [0.2, 0.25) is 15.9 Å². The summed E-state index contributed by atoms with van der Waals surface area (Å²) in [5, 5.41) is 2.95. The lowest BCUT2D eigenvalue weighted by atomic mass is 10.2. The number of sulfonamides is 1. The first-order valence-electron chi connectivity index (χ1n) is 9.04. The minimum absolute atomic E-state index is 0.0197. The molecule has 1 aromatic carbocycles. The fraction of sp³-hybridized carbons (Fsp3) is 0.611. The van der Waals surface area contributed by atoms with Crippen LogP contribution in [0.2, 0.25) is 0 Å². The molecule has 0 saturated carbocycles. The Morgan fingerprint density at radius 3 is 2.28 bits per heavy atom. The molecule has 7 heteroatoms. The Hall–Kier alpha value is -1.44. The van der Waals surface area contributed by atoms with Crippen LogP contribution in [0, 0.1) is 0 Å². The van der Waals surface area contributed by atoms with Crippen LogP contribution in [0.25, 0.3) is 0 Å². The zero-order valence-electron chi connectivity index (χ0n) is 15.1. The van der Waals surface area contributed by atoms with Gasteiger partial charge in [0, 0.05) is 13.1 Å². The van der Waals surface area contributed by atoms with Gasteiger partial charge in [0.05, 0.1) is 10.9 Å². The minimum atomic E-state index is -3.43. The summed E-state index contributed by atoms with van der Waals surface area (Å²) in [7, 11) is -3.43. The van der Waals surface area contributed by atoms with E-state index in [9.17, 15) is 13.2 Å². The summed E-state index contributed by atoms with van der Waals surface area (Å²) in [6, 6.07) is 6.48. The van der Waals surface area contributed by atoms with E-state index in [4.69, 9.17) is 0 Å². The molecule has 1 aromatic rings. The van der Waals surface area contributed by atoms with Crippen molar-refractivity contribution in [3.63, 3.8) is 0 Å². The summed E-state index contributed by atoms with van der Waals surface area (Å²) >= 11 is 0. The summed E-state index contributed by atoms with van der Waals surface area (Å²) in [6.45, 7) is 6.41. The van der Waals surface area contributed by atoms with Crippen LogP contribution in [0.5, 0.6) is 0 Å². The zero-order chi connectivity index (χ0) is 18.3. The summed E-state index contributed by atoms with van der Waals surface area (Å²) in [4.78, 5) is 14.9. The van der Waals surface area contributed by atoms with Crippen molar-refractivity contribution < 1.29 is 13.2 Å². The molecule has 0 radical (unpaired) electrons. The van der Waals surface area contributed by atoms with Crippen LogP contribution in [0.1, 0.15) is 45.1 Å². The molecule has 0 aromatic heterocycles. The zero-order valence-corrected chi connectivity index (χ0v) is 15.9. The van der Waals surface area contributed by atoms with Crippen molar-refractivity contribution in [2.45, 2.75) is 57.0 Å². The smallest absolute Gasteiger partial charge is 0.240 e. The summed E-state index contributed by atoms with van der Waals surface area (Å²) in [5.41, 5.74) is 0.881. The van der Waals surface area contributed by atoms with Crippen molar-refractivity contribution >= 4 is 15.9 Å².